The van der Waals surface area contributed by atoms with Crippen molar-refractivity contribution in [3.8, 4) is 0 Å². The zero-order chi connectivity index (χ0) is 9.80. The number of benzene rings is 1. The van der Waals surface area contributed by atoms with Gasteiger partial charge in [-0.15, -0.1) is 0 Å². The first-order valence-corrected chi connectivity index (χ1v) is 4.75. The van der Waals surface area contributed by atoms with Crippen LogP contribution in [0.15, 0.2) is 30.3 Å². The number of hydrogen-bond acceptors (Lipinski definition) is 2. The maximum atomic E-state index is 10.6. The quantitative estimate of drug-likeness (QED) is 0.723. The van der Waals surface area contributed by atoms with Crippen molar-refractivity contribution in [3.63, 3.8) is 0 Å². The minimum absolute atomic E-state index is 0.123. The molecule has 0 unspecified atom stereocenters. The molecule has 3 nitrogen and oxygen atoms in total. The summed E-state index contributed by atoms with van der Waals surface area (Å²) in [5.74, 6) is 0.123. The number of hydrogen-bond donors (Lipinski definition) is 1. The highest BCUT2D eigenvalue weighted by atomic mass is 16.5. The predicted octanol–water partition coefficient (Wildman–Crippen LogP) is 1.09. The van der Waals surface area contributed by atoms with Crippen LogP contribution in [-0.2, 0) is 16.1 Å². The molecule has 1 aliphatic rings. The van der Waals surface area contributed by atoms with Gasteiger partial charge in [-0.3, -0.25) is 4.79 Å². The topological polar surface area (TPSA) is 38.3 Å². The summed E-state index contributed by atoms with van der Waals surface area (Å²) in [5, 5.41) is 2.77. The van der Waals surface area contributed by atoms with Gasteiger partial charge in [0.05, 0.1) is 19.3 Å². The highest BCUT2D eigenvalue weighted by molar-refractivity contribution is 5.82. The van der Waals surface area contributed by atoms with Gasteiger partial charge in [0.15, 0.2) is 0 Å². The normalized spacial score (nSPS) is 20.0. The van der Waals surface area contributed by atoms with Gasteiger partial charge in [-0.05, 0) is 5.56 Å². The molecular weight excluding hydrogens is 178 g/mol. The summed E-state index contributed by atoms with van der Waals surface area (Å²) in [4.78, 5) is 10.6. The van der Waals surface area contributed by atoms with Crippen molar-refractivity contribution in [1.29, 1.82) is 0 Å². The number of nitrogens with one attached hydrogen (secondary N) is 1. The molecule has 0 spiro atoms. The average molecular weight is 191 g/mol. The number of amides is 1. The van der Waals surface area contributed by atoms with Crippen LogP contribution in [-0.4, -0.2) is 18.6 Å². The van der Waals surface area contributed by atoms with Crippen molar-refractivity contribution < 1.29 is 9.53 Å². The number of β-lactam (4-membered cyclic amide) rings is 1. The van der Waals surface area contributed by atoms with Crippen molar-refractivity contribution in [2.45, 2.75) is 19.1 Å². The Morgan fingerprint density at radius 1 is 1.36 bits per heavy atom. The predicted molar refractivity (Wildman–Crippen MR) is 52.6 cm³/mol. The Kier molecular flexibility index (Phi) is 2.79. The lowest BCUT2D eigenvalue weighted by atomic mass is 10.1. The molecule has 1 N–H and O–H groups in total. The molecule has 74 valence electrons. The first kappa shape index (κ1) is 9.21. The summed E-state index contributed by atoms with van der Waals surface area (Å²) in [6, 6.07) is 10.2. The molecule has 0 saturated carbocycles. The highest BCUT2D eigenvalue weighted by Crippen LogP contribution is 2.06. The van der Waals surface area contributed by atoms with Gasteiger partial charge in [0.2, 0.25) is 5.91 Å². The second kappa shape index (κ2) is 4.24. The molecule has 0 bridgehead atoms. The summed E-state index contributed by atoms with van der Waals surface area (Å²) in [6.07, 6.45) is 0.606. The first-order chi connectivity index (χ1) is 6.84. The summed E-state index contributed by atoms with van der Waals surface area (Å²) in [5.41, 5.74) is 1.16. The van der Waals surface area contributed by atoms with Crippen LogP contribution < -0.4 is 5.32 Å². The Labute approximate surface area is 83.1 Å². The summed E-state index contributed by atoms with van der Waals surface area (Å²) < 4.78 is 5.46. The molecule has 0 aromatic heterocycles. The maximum absolute atomic E-state index is 10.6. The second-order valence-corrected chi connectivity index (χ2v) is 3.47. The fraction of sp³-hybridized carbons (Fsp3) is 0.364. The third-order valence-corrected chi connectivity index (χ3v) is 2.23. The third kappa shape index (κ3) is 2.33. The molecular formula is C11H13NO2. The molecule has 1 saturated heterocycles. The van der Waals surface area contributed by atoms with E-state index in [-0.39, 0.29) is 11.9 Å². The lowest BCUT2D eigenvalue weighted by Gasteiger charge is -2.26. The smallest absolute Gasteiger partial charge is 0.222 e. The molecule has 1 aromatic carbocycles. The van der Waals surface area contributed by atoms with Crippen LogP contribution >= 0.6 is 0 Å². The van der Waals surface area contributed by atoms with Gasteiger partial charge >= 0.3 is 0 Å². The van der Waals surface area contributed by atoms with Gasteiger partial charge < -0.3 is 10.1 Å². The number of carbonyl (C=O) groups excluding carboxylic acids is 1. The second-order valence-electron chi connectivity index (χ2n) is 3.47. The minimum atomic E-state index is 0.123. The van der Waals surface area contributed by atoms with Crippen molar-refractivity contribution in [2.24, 2.45) is 0 Å². The van der Waals surface area contributed by atoms with E-state index < -0.39 is 0 Å². The molecule has 3 heteroatoms. The van der Waals surface area contributed by atoms with Gasteiger partial charge in [-0.25, -0.2) is 0 Å². The highest BCUT2D eigenvalue weighted by Gasteiger charge is 2.24. The van der Waals surface area contributed by atoms with Crippen LogP contribution in [0.25, 0.3) is 0 Å². The Morgan fingerprint density at radius 3 is 2.71 bits per heavy atom. The Morgan fingerprint density at radius 2 is 2.07 bits per heavy atom. The van der Waals surface area contributed by atoms with E-state index in [2.05, 4.69) is 5.32 Å². The monoisotopic (exact) mass is 191 g/mol. The van der Waals surface area contributed by atoms with Gasteiger partial charge in [-0.2, -0.15) is 0 Å². The molecule has 1 atom stereocenters. The van der Waals surface area contributed by atoms with E-state index in [1.54, 1.807) is 0 Å². The molecule has 1 heterocycles. The molecule has 0 radical (unpaired) electrons. The molecule has 1 aromatic rings. The Bertz CT molecular complexity index is 302. The Hall–Kier alpha value is -1.35. The molecule has 1 amide bonds. The first-order valence-electron chi connectivity index (χ1n) is 4.75. The van der Waals surface area contributed by atoms with E-state index in [1.165, 1.54) is 0 Å². The van der Waals surface area contributed by atoms with Crippen molar-refractivity contribution in [2.75, 3.05) is 6.61 Å². The molecule has 14 heavy (non-hydrogen) atoms. The zero-order valence-corrected chi connectivity index (χ0v) is 7.90. The minimum Gasteiger partial charge on any atom is -0.375 e. The summed E-state index contributed by atoms with van der Waals surface area (Å²) >= 11 is 0. The lowest BCUT2D eigenvalue weighted by Crippen LogP contribution is -2.50. The maximum Gasteiger partial charge on any atom is 0.222 e. The van der Waals surface area contributed by atoms with E-state index in [1.807, 2.05) is 30.3 Å². The fourth-order valence-corrected chi connectivity index (χ4v) is 1.42. The van der Waals surface area contributed by atoms with E-state index in [9.17, 15) is 4.79 Å². The molecule has 1 aliphatic heterocycles. The fourth-order valence-electron chi connectivity index (χ4n) is 1.42. The van der Waals surface area contributed by atoms with Gasteiger partial charge in [0.1, 0.15) is 0 Å². The van der Waals surface area contributed by atoms with Crippen molar-refractivity contribution in [3.05, 3.63) is 35.9 Å². The van der Waals surface area contributed by atoms with Crippen molar-refractivity contribution in [1.82, 2.24) is 5.32 Å². The number of ether oxygens (including phenoxy) is 1. The third-order valence-electron chi connectivity index (χ3n) is 2.23. The average Bonchev–Trinajstić information content (AvgIpc) is 2.17. The van der Waals surface area contributed by atoms with E-state index in [0.29, 0.717) is 19.6 Å². The van der Waals surface area contributed by atoms with E-state index >= 15 is 0 Å². The Balaban J connectivity index is 1.66. The molecule has 2 rings (SSSR count). The van der Waals surface area contributed by atoms with Crippen LogP contribution in [0.5, 0.6) is 0 Å². The van der Waals surface area contributed by atoms with E-state index in [0.717, 1.165) is 5.56 Å². The van der Waals surface area contributed by atoms with Crippen LogP contribution in [0.2, 0.25) is 0 Å². The van der Waals surface area contributed by atoms with Gasteiger partial charge in [0.25, 0.3) is 0 Å². The van der Waals surface area contributed by atoms with Crippen molar-refractivity contribution >= 4 is 5.91 Å². The largest absolute Gasteiger partial charge is 0.375 e. The van der Waals surface area contributed by atoms with Crippen LogP contribution in [0.4, 0.5) is 0 Å². The zero-order valence-electron chi connectivity index (χ0n) is 7.90. The SMILES string of the molecule is O=C1C[C@H](COCc2ccccc2)N1. The van der Waals surface area contributed by atoms with Gasteiger partial charge in [-0.1, -0.05) is 30.3 Å². The van der Waals surface area contributed by atoms with E-state index in [4.69, 9.17) is 4.74 Å². The van der Waals surface area contributed by atoms with Gasteiger partial charge in [0, 0.05) is 6.42 Å². The number of rotatable bonds is 4. The molecule has 1 fully saturated rings. The van der Waals surface area contributed by atoms with Crippen LogP contribution in [0.3, 0.4) is 0 Å². The van der Waals surface area contributed by atoms with Crippen LogP contribution in [0.1, 0.15) is 12.0 Å². The number of carbonyl (C=O) groups is 1. The molecule has 0 aliphatic carbocycles. The lowest BCUT2D eigenvalue weighted by molar-refractivity contribution is -0.129. The summed E-state index contributed by atoms with van der Waals surface area (Å²) in [6.45, 7) is 1.23. The standard InChI is InChI=1S/C11H13NO2/c13-11-6-10(12-11)8-14-7-9-4-2-1-3-5-9/h1-5,10H,6-8H2,(H,12,13)/t10-/m1/s1. The van der Waals surface area contributed by atoms with Crippen LogP contribution in [0, 0.1) is 0 Å². The summed E-state index contributed by atoms with van der Waals surface area (Å²) in [7, 11) is 0.